The van der Waals surface area contributed by atoms with E-state index in [2.05, 4.69) is 10.3 Å². The van der Waals surface area contributed by atoms with Crippen LogP contribution in [0.4, 0.5) is 5.82 Å². The van der Waals surface area contributed by atoms with Gasteiger partial charge in [0, 0.05) is 31.9 Å². The van der Waals surface area contributed by atoms with Crippen molar-refractivity contribution in [1.29, 1.82) is 0 Å². The van der Waals surface area contributed by atoms with E-state index in [0.29, 0.717) is 30.9 Å². The van der Waals surface area contributed by atoms with Crippen LogP contribution >= 0.6 is 0 Å². The number of aliphatic hydroxyl groups excluding tert-OH is 1. The van der Waals surface area contributed by atoms with Crippen molar-refractivity contribution in [3.05, 3.63) is 18.3 Å². The fourth-order valence-corrected chi connectivity index (χ4v) is 5.09. The van der Waals surface area contributed by atoms with Gasteiger partial charge in [0.1, 0.15) is 10.7 Å². The molecule has 3 rings (SSSR count). The lowest BCUT2D eigenvalue weighted by molar-refractivity contribution is 0.254. The Balaban J connectivity index is 1.67. The quantitative estimate of drug-likeness (QED) is 0.826. The smallest absolute Gasteiger partial charge is 0.244 e. The molecule has 0 radical (unpaired) electrons. The van der Waals surface area contributed by atoms with E-state index in [4.69, 9.17) is 5.11 Å². The van der Waals surface area contributed by atoms with E-state index >= 15 is 0 Å². The Labute approximate surface area is 138 Å². The lowest BCUT2D eigenvalue weighted by atomic mass is 10.00. The van der Waals surface area contributed by atoms with Gasteiger partial charge in [-0.15, -0.1) is 0 Å². The van der Waals surface area contributed by atoms with E-state index in [1.54, 1.807) is 12.1 Å². The van der Waals surface area contributed by atoms with E-state index in [0.717, 1.165) is 38.5 Å². The number of nitrogens with one attached hydrogen (secondary N) is 1. The van der Waals surface area contributed by atoms with Gasteiger partial charge in [0.25, 0.3) is 0 Å². The molecule has 6 nitrogen and oxygen atoms in total. The first-order valence-electron chi connectivity index (χ1n) is 8.45. The van der Waals surface area contributed by atoms with Crippen LogP contribution in [0.3, 0.4) is 0 Å². The van der Waals surface area contributed by atoms with Crippen molar-refractivity contribution in [1.82, 2.24) is 9.29 Å². The molecule has 1 aromatic heterocycles. The van der Waals surface area contributed by atoms with Gasteiger partial charge < -0.3 is 10.4 Å². The largest absolute Gasteiger partial charge is 0.396 e. The highest BCUT2D eigenvalue weighted by atomic mass is 32.2. The molecule has 1 saturated carbocycles. The summed E-state index contributed by atoms with van der Waals surface area (Å²) in [5.41, 5.74) is 0. The molecule has 1 aliphatic carbocycles. The molecule has 1 saturated heterocycles. The number of hydrogen-bond acceptors (Lipinski definition) is 5. The molecule has 2 atom stereocenters. The maximum atomic E-state index is 12.5. The van der Waals surface area contributed by atoms with Crippen LogP contribution in [0.25, 0.3) is 0 Å². The average Bonchev–Trinajstić information content (AvgIpc) is 3.21. The Morgan fingerprint density at radius 1 is 1.22 bits per heavy atom. The van der Waals surface area contributed by atoms with Gasteiger partial charge in [-0.25, -0.2) is 13.4 Å². The monoisotopic (exact) mass is 339 g/mol. The summed E-state index contributed by atoms with van der Waals surface area (Å²) >= 11 is 0. The number of aromatic nitrogens is 1. The molecule has 2 N–H and O–H groups in total. The number of nitrogens with zero attached hydrogens (tertiary/aromatic N) is 2. The summed E-state index contributed by atoms with van der Waals surface area (Å²) in [6.07, 6.45) is 7.47. The fraction of sp³-hybridized carbons (Fsp3) is 0.688. The van der Waals surface area contributed by atoms with Gasteiger partial charge in [-0.05, 0) is 50.2 Å². The Morgan fingerprint density at radius 2 is 2.00 bits per heavy atom. The van der Waals surface area contributed by atoms with Gasteiger partial charge in [-0.1, -0.05) is 6.42 Å². The zero-order chi connectivity index (χ0) is 16.3. The Morgan fingerprint density at radius 3 is 2.65 bits per heavy atom. The van der Waals surface area contributed by atoms with E-state index in [1.165, 1.54) is 10.5 Å². The van der Waals surface area contributed by atoms with Crippen molar-refractivity contribution >= 4 is 15.8 Å². The Hall–Kier alpha value is -1.18. The zero-order valence-electron chi connectivity index (χ0n) is 13.3. The predicted molar refractivity (Wildman–Crippen MR) is 88.7 cm³/mol. The van der Waals surface area contributed by atoms with Crippen molar-refractivity contribution in [2.24, 2.45) is 5.92 Å². The molecule has 0 bridgehead atoms. The molecule has 7 heteroatoms. The molecule has 23 heavy (non-hydrogen) atoms. The van der Waals surface area contributed by atoms with Crippen molar-refractivity contribution in [3.8, 4) is 0 Å². The first-order valence-corrected chi connectivity index (χ1v) is 9.89. The summed E-state index contributed by atoms with van der Waals surface area (Å²) in [7, 11) is -3.39. The van der Waals surface area contributed by atoms with Crippen molar-refractivity contribution < 1.29 is 13.5 Å². The van der Waals surface area contributed by atoms with Crippen LogP contribution < -0.4 is 5.32 Å². The average molecular weight is 339 g/mol. The van der Waals surface area contributed by atoms with Gasteiger partial charge in [-0.3, -0.25) is 0 Å². The zero-order valence-corrected chi connectivity index (χ0v) is 14.1. The SMILES string of the molecule is O=S(=O)(c1ccc(NC2CCCC2CCO)nc1)N1CCCC1. The summed E-state index contributed by atoms with van der Waals surface area (Å²) in [5.74, 6) is 1.18. The van der Waals surface area contributed by atoms with Crippen LogP contribution in [0.5, 0.6) is 0 Å². The van der Waals surface area contributed by atoms with Gasteiger partial charge in [0.15, 0.2) is 0 Å². The molecule has 2 heterocycles. The summed E-state index contributed by atoms with van der Waals surface area (Å²) in [4.78, 5) is 4.56. The minimum absolute atomic E-state index is 0.212. The number of anilines is 1. The van der Waals surface area contributed by atoms with Crippen LogP contribution in [0.15, 0.2) is 23.2 Å². The van der Waals surface area contributed by atoms with E-state index in [-0.39, 0.29) is 11.5 Å². The van der Waals surface area contributed by atoms with Crippen LogP contribution in [0.1, 0.15) is 38.5 Å². The highest BCUT2D eigenvalue weighted by molar-refractivity contribution is 7.89. The van der Waals surface area contributed by atoms with Gasteiger partial charge >= 0.3 is 0 Å². The summed E-state index contributed by atoms with van der Waals surface area (Å²) in [6, 6.07) is 3.70. The molecule has 2 fully saturated rings. The van der Waals surface area contributed by atoms with Gasteiger partial charge in [-0.2, -0.15) is 4.31 Å². The van der Waals surface area contributed by atoms with Crippen LogP contribution in [-0.4, -0.2) is 48.6 Å². The molecule has 0 amide bonds. The van der Waals surface area contributed by atoms with Crippen LogP contribution in [0, 0.1) is 5.92 Å². The first-order chi connectivity index (χ1) is 11.1. The molecular formula is C16H25N3O3S. The van der Waals surface area contributed by atoms with Crippen molar-refractivity contribution in [3.63, 3.8) is 0 Å². The molecule has 128 valence electrons. The van der Waals surface area contributed by atoms with Crippen molar-refractivity contribution in [2.75, 3.05) is 25.0 Å². The standard InChI is InChI=1S/C16H25N3O3S/c20-11-8-13-4-3-5-15(13)18-16-7-6-14(12-17-16)23(21,22)19-9-1-2-10-19/h6-7,12-13,15,20H,1-5,8-11H2,(H,17,18). The predicted octanol–water partition coefficient (Wildman–Crippen LogP) is 1.83. The molecule has 2 unspecified atom stereocenters. The number of pyridine rings is 1. The minimum Gasteiger partial charge on any atom is -0.396 e. The number of sulfonamides is 1. The molecule has 2 aliphatic rings. The molecule has 0 spiro atoms. The molecule has 1 aliphatic heterocycles. The summed E-state index contributed by atoms with van der Waals surface area (Å²) in [5, 5.41) is 12.5. The van der Waals surface area contributed by atoms with Gasteiger partial charge in [0.05, 0.1) is 0 Å². The fourth-order valence-electron chi connectivity index (χ4n) is 3.62. The number of rotatable bonds is 6. The van der Waals surface area contributed by atoms with Crippen LogP contribution in [-0.2, 0) is 10.0 Å². The normalized spacial score (nSPS) is 25.8. The minimum atomic E-state index is -3.39. The second kappa shape index (κ2) is 7.15. The summed E-state index contributed by atoms with van der Waals surface area (Å²) < 4.78 is 26.5. The Kier molecular flexibility index (Phi) is 5.18. The maximum absolute atomic E-state index is 12.5. The Bertz CT molecular complexity index is 612. The third kappa shape index (κ3) is 3.67. The third-order valence-electron chi connectivity index (χ3n) is 4.93. The lowest BCUT2D eigenvalue weighted by Crippen LogP contribution is -2.28. The van der Waals surface area contributed by atoms with Crippen LogP contribution in [0.2, 0.25) is 0 Å². The number of hydrogen-bond donors (Lipinski definition) is 2. The second-order valence-corrected chi connectivity index (χ2v) is 8.38. The topological polar surface area (TPSA) is 82.5 Å². The second-order valence-electron chi connectivity index (χ2n) is 6.44. The number of aliphatic hydroxyl groups is 1. The molecular weight excluding hydrogens is 314 g/mol. The van der Waals surface area contributed by atoms with E-state index in [9.17, 15) is 8.42 Å². The summed E-state index contributed by atoms with van der Waals surface area (Å²) in [6.45, 7) is 1.42. The molecule has 0 aromatic carbocycles. The van der Waals surface area contributed by atoms with Gasteiger partial charge in [0.2, 0.25) is 10.0 Å². The third-order valence-corrected chi connectivity index (χ3v) is 6.81. The highest BCUT2D eigenvalue weighted by Crippen LogP contribution is 2.30. The first kappa shape index (κ1) is 16.7. The maximum Gasteiger partial charge on any atom is 0.244 e. The van der Waals surface area contributed by atoms with Crippen molar-refractivity contribution in [2.45, 2.75) is 49.5 Å². The van der Waals surface area contributed by atoms with E-state index < -0.39 is 10.0 Å². The molecule has 1 aromatic rings. The highest BCUT2D eigenvalue weighted by Gasteiger charge is 2.29. The lowest BCUT2D eigenvalue weighted by Gasteiger charge is -2.21. The van der Waals surface area contributed by atoms with E-state index in [1.807, 2.05) is 0 Å².